The lowest BCUT2D eigenvalue weighted by molar-refractivity contribution is -0.115. The van der Waals surface area contributed by atoms with Gasteiger partial charge >= 0.3 is 0 Å². The molecule has 1 amide bonds. The summed E-state index contributed by atoms with van der Waals surface area (Å²) in [6, 6.07) is 17.2. The highest BCUT2D eigenvalue weighted by Gasteiger charge is 2.12. The van der Waals surface area contributed by atoms with Gasteiger partial charge in [0, 0.05) is 17.3 Å². The van der Waals surface area contributed by atoms with Gasteiger partial charge in [-0.15, -0.1) is 0 Å². The Morgan fingerprint density at radius 2 is 2.06 bits per heavy atom. The van der Waals surface area contributed by atoms with Gasteiger partial charge in [-0.05, 0) is 78.7 Å². The number of carbonyl (C=O) groups excluding carboxylic acids is 1. The lowest BCUT2D eigenvalue weighted by atomic mass is 9.98. The maximum Gasteiger partial charge on any atom is 0.250 e. The Morgan fingerprint density at radius 3 is 2.84 bits per heavy atom. The Morgan fingerprint density at radius 1 is 1.19 bits per heavy atom. The first kappa shape index (κ1) is 21.5. The molecular formula is C25H23N3O3S. The van der Waals surface area contributed by atoms with Crippen molar-refractivity contribution in [3.8, 4) is 11.5 Å². The molecule has 0 saturated carbocycles. The van der Waals surface area contributed by atoms with Gasteiger partial charge < -0.3 is 14.2 Å². The lowest BCUT2D eigenvalue weighted by Crippen LogP contribution is -2.32. The van der Waals surface area contributed by atoms with Crippen LogP contribution in [0.5, 0.6) is 0 Å². The van der Waals surface area contributed by atoms with Crippen LogP contribution in [0.25, 0.3) is 28.6 Å². The summed E-state index contributed by atoms with van der Waals surface area (Å²) in [6.07, 6.45) is 5.53. The number of rotatable bonds is 6. The predicted octanol–water partition coefficient (Wildman–Crippen LogP) is 6.13. The molecule has 0 fully saturated rings. The molecule has 1 atom stereocenters. The number of anilines is 1. The molecule has 2 aromatic carbocycles. The molecule has 0 aliphatic rings. The third-order valence-electron chi connectivity index (χ3n) is 5.14. The van der Waals surface area contributed by atoms with Gasteiger partial charge in [0.1, 0.15) is 11.3 Å². The molecule has 2 N–H and O–H groups in total. The molecule has 0 bridgehead atoms. The van der Waals surface area contributed by atoms with E-state index >= 15 is 0 Å². The number of oxazole rings is 1. The predicted molar refractivity (Wildman–Crippen MR) is 130 cm³/mol. The maximum absolute atomic E-state index is 12.0. The summed E-state index contributed by atoms with van der Waals surface area (Å²) in [4.78, 5) is 16.7. The second-order valence-electron chi connectivity index (χ2n) is 7.43. The summed E-state index contributed by atoms with van der Waals surface area (Å²) in [7, 11) is 0. The zero-order valence-electron chi connectivity index (χ0n) is 17.8. The highest BCUT2D eigenvalue weighted by Crippen LogP contribution is 2.29. The van der Waals surface area contributed by atoms with Crippen molar-refractivity contribution in [1.29, 1.82) is 0 Å². The quantitative estimate of drug-likeness (QED) is 0.275. The largest absolute Gasteiger partial charge is 0.465 e. The second-order valence-corrected chi connectivity index (χ2v) is 7.84. The highest BCUT2D eigenvalue weighted by molar-refractivity contribution is 7.80. The molecule has 2 aromatic heterocycles. The molecule has 0 aliphatic heterocycles. The summed E-state index contributed by atoms with van der Waals surface area (Å²) in [5.74, 6) is 1.23. The van der Waals surface area contributed by atoms with Crippen molar-refractivity contribution >= 4 is 46.1 Å². The second kappa shape index (κ2) is 9.62. The number of amides is 1. The monoisotopic (exact) mass is 445 g/mol. The maximum atomic E-state index is 12.0. The molecule has 0 spiro atoms. The SMILES string of the molecule is CC[C@@H](C)c1ccc2oc(-c3cccc(NC(=S)NC(=O)/C=C/c4ccco4)c3)nc2c1. The smallest absolute Gasteiger partial charge is 0.250 e. The van der Waals surface area contributed by atoms with Crippen molar-refractivity contribution in [2.45, 2.75) is 26.2 Å². The van der Waals surface area contributed by atoms with E-state index in [1.165, 1.54) is 17.9 Å². The van der Waals surface area contributed by atoms with Crippen LogP contribution in [0, 0.1) is 0 Å². The van der Waals surface area contributed by atoms with Crippen molar-refractivity contribution in [3.05, 3.63) is 78.3 Å². The van der Waals surface area contributed by atoms with E-state index < -0.39 is 0 Å². The van der Waals surface area contributed by atoms with Crippen LogP contribution in [0.4, 0.5) is 5.69 Å². The molecular weight excluding hydrogens is 422 g/mol. The lowest BCUT2D eigenvalue weighted by Gasteiger charge is -2.08. The van der Waals surface area contributed by atoms with E-state index in [2.05, 4.69) is 41.6 Å². The average molecular weight is 446 g/mol. The number of hydrogen-bond acceptors (Lipinski definition) is 5. The Bertz CT molecular complexity index is 1270. The van der Waals surface area contributed by atoms with Crippen molar-refractivity contribution in [1.82, 2.24) is 10.3 Å². The van der Waals surface area contributed by atoms with Crippen molar-refractivity contribution in [3.63, 3.8) is 0 Å². The normalized spacial score (nSPS) is 12.2. The number of nitrogens with one attached hydrogen (secondary N) is 2. The van der Waals surface area contributed by atoms with Crippen molar-refractivity contribution in [2.24, 2.45) is 0 Å². The molecule has 0 radical (unpaired) electrons. The minimum Gasteiger partial charge on any atom is -0.465 e. The van der Waals surface area contributed by atoms with Crippen molar-refractivity contribution < 1.29 is 13.6 Å². The fraction of sp³-hybridized carbons (Fsp3) is 0.160. The average Bonchev–Trinajstić information content (AvgIpc) is 3.46. The summed E-state index contributed by atoms with van der Waals surface area (Å²) in [5.41, 5.74) is 4.35. The van der Waals surface area contributed by atoms with Crippen LogP contribution in [0.1, 0.15) is 37.5 Å². The van der Waals surface area contributed by atoms with Gasteiger partial charge in [0.05, 0.1) is 6.26 Å². The molecule has 4 rings (SSSR count). The highest BCUT2D eigenvalue weighted by atomic mass is 32.1. The number of benzene rings is 2. The summed E-state index contributed by atoms with van der Waals surface area (Å²) < 4.78 is 11.1. The fourth-order valence-corrected chi connectivity index (χ4v) is 3.42. The molecule has 32 heavy (non-hydrogen) atoms. The van der Waals surface area contributed by atoms with Crippen molar-refractivity contribution in [2.75, 3.05) is 5.32 Å². The number of fused-ring (bicyclic) bond motifs is 1. The van der Waals surface area contributed by atoms with Crippen LogP contribution in [0.2, 0.25) is 0 Å². The van der Waals surface area contributed by atoms with Gasteiger partial charge in [0.2, 0.25) is 11.8 Å². The van der Waals surface area contributed by atoms with Gasteiger partial charge in [-0.25, -0.2) is 4.98 Å². The van der Waals surface area contributed by atoms with Gasteiger partial charge in [-0.2, -0.15) is 0 Å². The summed E-state index contributed by atoms with van der Waals surface area (Å²) >= 11 is 5.25. The van der Waals surface area contributed by atoms with E-state index in [0.29, 0.717) is 23.3 Å². The van der Waals surface area contributed by atoms with Gasteiger partial charge in [0.15, 0.2) is 10.7 Å². The number of aromatic nitrogens is 1. The Balaban J connectivity index is 1.45. The number of hydrogen-bond donors (Lipinski definition) is 2. The van der Waals surface area contributed by atoms with Crippen LogP contribution >= 0.6 is 12.2 Å². The van der Waals surface area contributed by atoms with Crippen LogP contribution in [0.15, 0.2) is 75.8 Å². The summed E-state index contributed by atoms with van der Waals surface area (Å²) in [6.45, 7) is 4.37. The van der Waals surface area contributed by atoms with Crippen LogP contribution in [-0.4, -0.2) is 16.0 Å². The third kappa shape index (κ3) is 5.12. The number of nitrogens with zero attached hydrogens (tertiary/aromatic N) is 1. The van der Waals surface area contributed by atoms with Crippen LogP contribution in [-0.2, 0) is 4.79 Å². The van der Waals surface area contributed by atoms with E-state index in [9.17, 15) is 4.79 Å². The molecule has 0 aliphatic carbocycles. The zero-order chi connectivity index (χ0) is 22.5. The molecule has 4 aromatic rings. The Labute approximate surface area is 191 Å². The molecule has 162 valence electrons. The Kier molecular flexibility index (Phi) is 6.47. The third-order valence-corrected chi connectivity index (χ3v) is 5.34. The first-order valence-electron chi connectivity index (χ1n) is 10.4. The molecule has 7 heteroatoms. The van der Waals surface area contributed by atoms with E-state index in [4.69, 9.17) is 21.1 Å². The van der Waals surface area contributed by atoms with E-state index in [-0.39, 0.29) is 11.0 Å². The molecule has 0 saturated heterocycles. The summed E-state index contributed by atoms with van der Waals surface area (Å²) in [5, 5.41) is 5.81. The first-order chi connectivity index (χ1) is 15.5. The van der Waals surface area contributed by atoms with Crippen LogP contribution in [0.3, 0.4) is 0 Å². The zero-order valence-corrected chi connectivity index (χ0v) is 18.6. The Hall–Kier alpha value is -3.71. The number of thiocarbonyl (C=S) groups is 1. The fourth-order valence-electron chi connectivity index (χ4n) is 3.20. The van der Waals surface area contributed by atoms with Crippen LogP contribution < -0.4 is 10.6 Å². The first-order valence-corrected chi connectivity index (χ1v) is 10.8. The molecule has 6 nitrogen and oxygen atoms in total. The number of carbonyl (C=O) groups is 1. The standard InChI is InChI=1S/C25H23N3O3S/c1-3-16(2)17-9-11-22-21(15-17)27-24(31-22)18-6-4-7-19(14-18)26-25(32)28-23(29)12-10-20-8-5-13-30-20/h4-16H,3H2,1-2H3,(H2,26,28,29,32)/b12-10+/t16-/m1/s1. The van der Waals surface area contributed by atoms with Gasteiger partial charge in [-0.1, -0.05) is 26.0 Å². The van der Waals surface area contributed by atoms with Gasteiger partial charge in [0.25, 0.3) is 0 Å². The minimum absolute atomic E-state index is 0.187. The van der Waals surface area contributed by atoms with E-state index in [1.807, 2.05) is 30.3 Å². The molecule has 2 heterocycles. The van der Waals surface area contributed by atoms with E-state index in [1.54, 1.807) is 18.2 Å². The topological polar surface area (TPSA) is 80.3 Å². The minimum atomic E-state index is -0.355. The molecule has 0 unspecified atom stereocenters. The van der Waals surface area contributed by atoms with Gasteiger partial charge in [-0.3, -0.25) is 10.1 Å². The number of furan rings is 1. The van der Waals surface area contributed by atoms with E-state index in [0.717, 1.165) is 23.1 Å².